The van der Waals surface area contributed by atoms with Crippen LogP contribution in [0.25, 0.3) is 10.6 Å². The largest absolute Gasteiger partial charge is 0.338 e. The summed E-state index contributed by atoms with van der Waals surface area (Å²) in [4.78, 5) is 12.6. The molecule has 0 atom stereocenters. The SMILES string of the molecule is Cc1ccsc1-c1ccnc(N2CCNCC2)n1. The molecule has 18 heavy (non-hydrogen) atoms. The van der Waals surface area contributed by atoms with E-state index in [0.29, 0.717) is 0 Å². The van der Waals surface area contributed by atoms with E-state index in [9.17, 15) is 0 Å². The molecule has 1 fully saturated rings. The van der Waals surface area contributed by atoms with Gasteiger partial charge in [0.2, 0.25) is 5.95 Å². The fraction of sp³-hybridized carbons (Fsp3) is 0.385. The second-order valence-corrected chi connectivity index (χ2v) is 5.33. The Kier molecular flexibility index (Phi) is 3.25. The maximum Gasteiger partial charge on any atom is 0.225 e. The molecule has 0 saturated carbocycles. The van der Waals surface area contributed by atoms with Crippen LogP contribution in [-0.4, -0.2) is 36.1 Å². The van der Waals surface area contributed by atoms with Crippen LogP contribution in [0.4, 0.5) is 5.95 Å². The van der Waals surface area contributed by atoms with E-state index in [4.69, 9.17) is 4.98 Å². The third kappa shape index (κ3) is 2.23. The Hall–Kier alpha value is -1.46. The molecule has 0 radical (unpaired) electrons. The summed E-state index contributed by atoms with van der Waals surface area (Å²) in [6.45, 7) is 6.09. The molecule has 4 nitrogen and oxygen atoms in total. The summed E-state index contributed by atoms with van der Waals surface area (Å²) < 4.78 is 0. The highest BCUT2D eigenvalue weighted by atomic mass is 32.1. The monoisotopic (exact) mass is 260 g/mol. The fourth-order valence-corrected chi connectivity index (χ4v) is 3.02. The maximum absolute atomic E-state index is 4.70. The first-order valence-electron chi connectivity index (χ1n) is 6.18. The van der Waals surface area contributed by atoms with E-state index in [1.54, 1.807) is 11.3 Å². The quantitative estimate of drug-likeness (QED) is 0.895. The predicted molar refractivity (Wildman–Crippen MR) is 75.2 cm³/mol. The first-order chi connectivity index (χ1) is 8.84. The van der Waals surface area contributed by atoms with Crippen LogP contribution in [-0.2, 0) is 0 Å². The summed E-state index contributed by atoms with van der Waals surface area (Å²) in [5.74, 6) is 0.849. The van der Waals surface area contributed by atoms with Crippen LogP contribution in [0, 0.1) is 6.92 Å². The maximum atomic E-state index is 4.70. The van der Waals surface area contributed by atoms with Gasteiger partial charge in [0, 0.05) is 32.4 Å². The molecule has 1 saturated heterocycles. The van der Waals surface area contributed by atoms with Crippen LogP contribution in [0.1, 0.15) is 5.56 Å². The van der Waals surface area contributed by atoms with E-state index in [1.807, 2.05) is 12.3 Å². The van der Waals surface area contributed by atoms with Crippen molar-refractivity contribution in [2.75, 3.05) is 31.1 Å². The third-order valence-electron chi connectivity index (χ3n) is 3.14. The van der Waals surface area contributed by atoms with E-state index < -0.39 is 0 Å². The Labute approximate surface area is 111 Å². The highest BCUT2D eigenvalue weighted by molar-refractivity contribution is 7.13. The lowest BCUT2D eigenvalue weighted by Crippen LogP contribution is -2.44. The van der Waals surface area contributed by atoms with Gasteiger partial charge >= 0.3 is 0 Å². The van der Waals surface area contributed by atoms with Gasteiger partial charge in [0.05, 0.1) is 10.6 Å². The van der Waals surface area contributed by atoms with Crippen LogP contribution < -0.4 is 10.2 Å². The molecule has 0 bridgehead atoms. The Balaban J connectivity index is 1.91. The van der Waals surface area contributed by atoms with Crippen molar-refractivity contribution in [2.24, 2.45) is 0 Å². The average Bonchev–Trinajstić information content (AvgIpc) is 2.86. The standard InChI is InChI=1S/C13H16N4S/c1-10-3-9-18-12(10)11-2-4-15-13(16-11)17-7-5-14-6-8-17/h2-4,9,14H,5-8H2,1H3. The summed E-state index contributed by atoms with van der Waals surface area (Å²) in [7, 11) is 0. The summed E-state index contributed by atoms with van der Waals surface area (Å²) in [5.41, 5.74) is 2.32. The number of nitrogens with zero attached hydrogens (tertiary/aromatic N) is 3. The van der Waals surface area contributed by atoms with E-state index in [1.165, 1.54) is 10.4 Å². The fourth-order valence-electron chi connectivity index (χ4n) is 2.13. The number of rotatable bonds is 2. The number of aromatic nitrogens is 2. The van der Waals surface area contributed by atoms with E-state index >= 15 is 0 Å². The molecular formula is C13H16N4S. The molecule has 1 aliphatic rings. The lowest BCUT2D eigenvalue weighted by atomic mass is 10.2. The highest BCUT2D eigenvalue weighted by Gasteiger charge is 2.14. The van der Waals surface area contributed by atoms with Crippen molar-refractivity contribution in [1.82, 2.24) is 15.3 Å². The molecular weight excluding hydrogens is 244 g/mol. The number of hydrogen-bond acceptors (Lipinski definition) is 5. The topological polar surface area (TPSA) is 41.1 Å². The number of hydrogen-bond donors (Lipinski definition) is 1. The summed E-state index contributed by atoms with van der Waals surface area (Å²) in [5, 5.41) is 5.45. The first kappa shape index (κ1) is 11.6. The van der Waals surface area contributed by atoms with Crippen LogP contribution in [0.2, 0.25) is 0 Å². The zero-order valence-corrected chi connectivity index (χ0v) is 11.2. The van der Waals surface area contributed by atoms with Gasteiger partial charge in [-0.05, 0) is 30.0 Å². The van der Waals surface area contributed by atoms with Gasteiger partial charge in [0.1, 0.15) is 0 Å². The average molecular weight is 260 g/mol. The van der Waals surface area contributed by atoms with E-state index in [0.717, 1.165) is 37.8 Å². The van der Waals surface area contributed by atoms with Gasteiger partial charge in [-0.25, -0.2) is 9.97 Å². The van der Waals surface area contributed by atoms with Gasteiger partial charge in [-0.15, -0.1) is 11.3 Å². The van der Waals surface area contributed by atoms with Crippen LogP contribution in [0.3, 0.4) is 0 Å². The van der Waals surface area contributed by atoms with Crippen LogP contribution >= 0.6 is 11.3 Å². The minimum Gasteiger partial charge on any atom is -0.338 e. The number of aryl methyl sites for hydroxylation is 1. The molecule has 5 heteroatoms. The summed E-state index contributed by atoms with van der Waals surface area (Å²) >= 11 is 1.74. The molecule has 1 aliphatic heterocycles. The van der Waals surface area contributed by atoms with Crippen LogP contribution in [0.5, 0.6) is 0 Å². The van der Waals surface area contributed by atoms with Gasteiger partial charge in [-0.3, -0.25) is 0 Å². The highest BCUT2D eigenvalue weighted by Crippen LogP contribution is 2.28. The molecule has 3 rings (SSSR count). The molecule has 94 valence electrons. The molecule has 3 heterocycles. The minimum absolute atomic E-state index is 0.849. The van der Waals surface area contributed by atoms with Crippen molar-refractivity contribution in [3.63, 3.8) is 0 Å². The smallest absolute Gasteiger partial charge is 0.225 e. The Morgan fingerprint density at radius 2 is 2.11 bits per heavy atom. The second-order valence-electron chi connectivity index (χ2n) is 4.41. The number of anilines is 1. The normalized spacial score (nSPS) is 15.9. The number of thiophene rings is 1. The van der Waals surface area contributed by atoms with Gasteiger partial charge in [-0.2, -0.15) is 0 Å². The zero-order valence-electron chi connectivity index (χ0n) is 10.4. The zero-order chi connectivity index (χ0) is 12.4. The molecule has 1 N–H and O–H groups in total. The second kappa shape index (κ2) is 5.04. The van der Waals surface area contributed by atoms with Crippen molar-refractivity contribution in [3.05, 3.63) is 29.3 Å². The van der Waals surface area contributed by atoms with Gasteiger partial charge in [-0.1, -0.05) is 0 Å². The summed E-state index contributed by atoms with van der Waals surface area (Å²) in [6, 6.07) is 4.12. The molecule has 0 aromatic carbocycles. The molecule has 0 unspecified atom stereocenters. The van der Waals surface area contributed by atoms with E-state index in [-0.39, 0.29) is 0 Å². The Morgan fingerprint density at radius 1 is 1.28 bits per heavy atom. The Bertz CT molecular complexity index is 531. The number of nitrogens with one attached hydrogen (secondary N) is 1. The van der Waals surface area contributed by atoms with Gasteiger partial charge in [0.25, 0.3) is 0 Å². The number of piperazine rings is 1. The Morgan fingerprint density at radius 3 is 2.83 bits per heavy atom. The van der Waals surface area contributed by atoms with Gasteiger partial charge in [0.15, 0.2) is 0 Å². The van der Waals surface area contributed by atoms with Crippen LogP contribution in [0.15, 0.2) is 23.7 Å². The lowest BCUT2D eigenvalue weighted by Gasteiger charge is -2.27. The molecule has 2 aromatic rings. The third-order valence-corrected chi connectivity index (χ3v) is 4.18. The van der Waals surface area contributed by atoms with Gasteiger partial charge < -0.3 is 10.2 Å². The van der Waals surface area contributed by atoms with Crippen molar-refractivity contribution in [2.45, 2.75) is 6.92 Å². The van der Waals surface area contributed by atoms with Crippen molar-refractivity contribution >= 4 is 17.3 Å². The molecule has 0 spiro atoms. The van der Waals surface area contributed by atoms with Crippen molar-refractivity contribution in [3.8, 4) is 10.6 Å². The molecule has 0 amide bonds. The predicted octanol–water partition coefficient (Wildman–Crippen LogP) is 1.92. The van der Waals surface area contributed by atoms with Crippen molar-refractivity contribution in [1.29, 1.82) is 0 Å². The van der Waals surface area contributed by atoms with Crippen molar-refractivity contribution < 1.29 is 0 Å². The lowest BCUT2D eigenvalue weighted by molar-refractivity contribution is 0.580. The van der Waals surface area contributed by atoms with E-state index in [2.05, 4.69) is 33.6 Å². The first-order valence-corrected chi connectivity index (χ1v) is 7.06. The molecule has 2 aromatic heterocycles. The minimum atomic E-state index is 0.849. The molecule has 0 aliphatic carbocycles. The summed E-state index contributed by atoms with van der Waals surface area (Å²) in [6.07, 6.45) is 1.86.